The molecule has 2 aromatic heterocycles. The summed E-state index contributed by atoms with van der Waals surface area (Å²) in [4.78, 5) is 12.3. The molecule has 0 aliphatic rings. The molecule has 24 heavy (non-hydrogen) atoms. The van der Waals surface area contributed by atoms with E-state index in [2.05, 4.69) is 5.10 Å². The smallest absolute Gasteiger partial charge is 0.258 e. The number of benzene rings is 1. The van der Waals surface area contributed by atoms with Gasteiger partial charge in [0, 0.05) is 24.2 Å². The summed E-state index contributed by atoms with van der Waals surface area (Å²) in [6, 6.07) is 7.17. The Hall–Kier alpha value is -2.61. The molecule has 0 atom stereocenters. The lowest BCUT2D eigenvalue weighted by molar-refractivity contribution is 0.396. The van der Waals surface area contributed by atoms with Crippen molar-refractivity contribution < 1.29 is 13.2 Å². The second kappa shape index (κ2) is 5.79. The van der Waals surface area contributed by atoms with Crippen molar-refractivity contribution in [2.75, 3.05) is 12.9 Å². The van der Waals surface area contributed by atoms with Crippen molar-refractivity contribution >= 4 is 20.8 Å². The van der Waals surface area contributed by atoms with Gasteiger partial charge >= 0.3 is 0 Å². The highest BCUT2D eigenvalue weighted by Crippen LogP contribution is 2.33. The molecule has 0 aliphatic carbocycles. The van der Waals surface area contributed by atoms with Gasteiger partial charge in [-0.1, -0.05) is 18.2 Å². The number of ether oxygens (including phenoxy) is 1. The van der Waals surface area contributed by atoms with Crippen LogP contribution in [0.25, 0.3) is 21.9 Å². The van der Waals surface area contributed by atoms with Crippen LogP contribution in [0, 0.1) is 0 Å². The maximum absolute atomic E-state index is 12.3. The van der Waals surface area contributed by atoms with E-state index >= 15 is 0 Å². The molecule has 2 heterocycles. The van der Waals surface area contributed by atoms with Crippen LogP contribution in [0.5, 0.6) is 5.88 Å². The van der Waals surface area contributed by atoms with Gasteiger partial charge in [0.15, 0.2) is 0 Å². The average molecular weight is 347 g/mol. The molecular weight excluding hydrogens is 330 g/mol. The summed E-state index contributed by atoms with van der Waals surface area (Å²) in [5, 5.41) is 5.29. The van der Waals surface area contributed by atoms with Crippen molar-refractivity contribution in [3.8, 4) is 17.0 Å². The molecule has 0 N–H and O–H groups in total. The van der Waals surface area contributed by atoms with Crippen LogP contribution in [0.2, 0.25) is 0 Å². The fraction of sp³-hybridized carbons (Fsp3) is 0.250. The van der Waals surface area contributed by atoms with E-state index in [-0.39, 0.29) is 17.2 Å². The van der Waals surface area contributed by atoms with Crippen LogP contribution in [-0.2, 0) is 17.1 Å². The SMILES string of the molecule is CCS(=O)(=O)n1cc(-c2cn(C)c(=O)c3ccccc23)c(OC)n1. The number of hydrogen-bond donors (Lipinski definition) is 0. The minimum absolute atomic E-state index is 0.0781. The lowest BCUT2D eigenvalue weighted by atomic mass is 10.0. The van der Waals surface area contributed by atoms with Crippen LogP contribution in [0.3, 0.4) is 0 Å². The van der Waals surface area contributed by atoms with Crippen LogP contribution in [-0.4, -0.2) is 35.0 Å². The largest absolute Gasteiger partial charge is 0.479 e. The molecule has 0 saturated carbocycles. The third kappa shape index (κ3) is 2.48. The minimum Gasteiger partial charge on any atom is -0.479 e. The highest BCUT2D eigenvalue weighted by Gasteiger charge is 2.20. The van der Waals surface area contributed by atoms with Gasteiger partial charge < -0.3 is 9.30 Å². The number of pyridine rings is 1. The first-order valence-corrected chi connectivity index (χ1v) is 8.95. The summed E-state index contributed by atoms with van der Waals surface area (Å²) in [5.41, 5.74) is 1.07. The van der Waals surface area contributed by atoms with Gasteiger partial charge in [0.05, 0.1) is 24.6 Å². The van der Waals surface area contributed by atoms with E-state index in [1.807, 2.05) is 12.1 Å². The molecule has 0 bridgehead atoms. The molecule has 8 heteroatoms. The summed E-state index contributed by atoms with van der Waals surface area (Å²) in [5.74, 6) is 0.113. The number of methoxy groups -OCH3 is 1. The van der Waals surface area contributed by atoms with Crippen molar-refractivity contribution in [3.63, 3.8) is 0 Å². The quantitative estimate of drug-likeness (QED) is 0.716. The average Bonchev–Trinajstić information content (AvgIpc) is 3.03. The van der Waals surface area contributed by atoms with Crippen LogP contribution in [0.1, 0.15) is 6.92 Å². The molecule has 0 spiro atoms. The molecule has 0 amide bonds. The van der Waals surface area contributed by atoms with Crippen molar-refractivity contribution in [2.24, 2.45) is 7.05 Å². The monoisotopic (exact) mass is 347 g/mol. The highest BCUT2D eigenvalue weighted by atomic mass is 32.2. The number of hydrogen-bond acceptors (Lipinski definition) is 5. The zero-order valence-electron chi connectivity index (χ0n) is 13.6. The lowest BCUT2D eigenvalue weighted by Gasteiger charge is -2.08. The van der Waals surface area contributed by atoms with E-state index in [4.69, 9.17) is 4.74 Å². The molecule has 0 unspecified atom stereocenters. The summed E-state index contributed by atoms with van der Waals surface area (Å²) < 4.78 is 31.8. The van der Waals surface area contributed by atoms with Crippen molar-refractivity contribution in [1.82, 2.24) is 13.8 Å². The first-order valence-electron chi connectivity index (χ1n) is 7.34. The third-order valence-electron chi connectivity index (χ3n) is 3.88. The normalized spacial score (nSPS) is 11.8. The second-order valence-electron chi connectivity index (χ2n) is 5.33. The maximum atomic E-state index is 12.3. The second-order valence-corrected chi connectivity index (χ2v) is 7.44. The lowest BCUT2D eigenvalue weighted by Crippen LogP contribution is -2.16. The Labute approximate surface area is 139 Å². The first-order chi connectivity index (χ1) is 11.4. The van der Waals surface area contributed by atoms with E-state index in [9.17, 15) is 13.2 Å². The predicted molar refractivity (Wildman–Crippen MR) is 91.8 cm³/mol. The van der Waals surface area contributed by atoms with Crippen LogP contribution >= 0.6 is 0 Å². The van der Waals surface area contributed by atoms with Crippen LogP contribution < -0.4 is 10.3 Å². The Balaban J connectivity index is 2.37. The van der Waals surface area contributed by atoms with Gasteiger partial charge in [0.1, 0.15) is 0 Å². The topological polar surface area (TPSA) is 83.2 Å². The Kier molecular flexibility index (Phi) is 3.92. The minimum atomic E-state index is -3.53. The van der Waals surface area contributed by atoms with Crippen molar-refractivity contribution in [1.29, 1.82) is 0 Å². The molecule has 126 valence electrons. The molecule has 1 aromatic carbocycles. The Morgan fingerprint density at radius 3 is 2.42 bits per heavy atom. The number of nitrogens with zero attached hydrogens (tertiary/aromatic N) is 3. The van der Waals surface area contributed by atoms with E-state index in [0.29, 0.717) is 21.9 Å². The summed E-state index contributed by atoms with van der Waals surface area (Å²) in [7, 11) is -0.452. The number of aromatic nitrogens is 3. The maximum Gasteiger partial charge on any atom is 0.258 e. The molecule has 0 fully saturated rings. The summed E-state index contributed by atoms with van der Waals surface area (Å²) in [6.45, 7) is 1.55. The fourth-order valence-corrected chi connectivity index (χ4v) is 3.31. The summed E-state index contributed by atoms with van der Waals surface area (Å²) in [6.07, 6.45) is 3.08. The Morgan fingerprint density at radius 2 is 1.79 bits per heavy atom. The van der Waals surface area contributed by atoms with Gasteiger partial charge in [0.2, 0.25) is 5.88 Å². The van der Waals surface area contributed by atoms with E-state index in [1.165, 1.54) is 17.9 Å². The number of rotatable bonds is 4. The van der Waals surface area contributed by atoms with Gasteiger partial charge in [0.25, 0.3) is 15.6 Å². The predicted octanol–water partition coefficient (Wildman–Crippen LogP) is 1.61. The standard InChI is InChI=1S/C16H17N3O4S/c1-4-24(21,22)19-10-14(15(17-19)23-3)13-9-18(2)16(20)12-8-6-5-7-11(12)13/h5-10H,4H2,1-3H3. The molecule has 3 rings (SSSR count). The van der Waals surface area contributed by atoms with Crippen LogP contribution in [0.15, 0.2) is 41.5 Å². The fourth-order valence-electron chi connectivity index (χ4n) is 2.58. The molecular formula is C16H17N3O4S. The van der Waals surface area contributed by atoms with E-state index in [0.717, 1.165) is 4.09 Å². The highest BCUT2D eigenvalue weighted by molar-refractivity contribution is 7.89. The zero-order chi connectivity index (χ0) is 17.5. The van der Waals surface area contributed by atoms with Crippen molar-refractivity contribution in [2.45, 2.75) is 6.92 Å². The molecule has 0 saturated heterocycles. The molecule has 7 nitrogen and oxygen atoms in total. The van der Waals surface area contributed by atoms with E-state index < -0.39 is 10.0 Å². The summed E-state index contributed by atoms with van der Waals surface area (Å²) >= 11 is 0. The molecule has 0 radical (unpaired) electrons. The van der Waals surface area contributed by atoms with Gasteiger partial charge in [-0.2, -0.15) is 4.09 Å². The van der Waals surface area contributed by atoms with Crippen LogP contribution in [0.4, 0.5) is 0 Å². The molecule has 3 aromatic rings. The zero-order valence-corrected chi connectivity index (χ0v) is 14.4. The Morgan fingerprint density at radius 1 is 1.12 bits per heavy atom. The first kappa shape index (κ1) is 16.3. The van der Waals surface area contributed by atoms with Gasteiger partial charge in [-0.25, -0.2) is 8.42 Å². The van der Waals surface area contributed by atoms with Gasteiger partial charge in [-0.3, -0.25) is 4.79 Å². The van der Waals surface area contributed by atoms with E-state index in [1.54, 1.807) is 32.3 Å². The van der Waals surface area contributed by atoms with Crippen molar-refractivity contribution in [3.05, 3.63) is 47.0 Å². The van der Waals surface area contributed by atoms with Gasteiger partial charge in [-0.15, -0.1) is 5.10 Å². The van der Waals surface area contributed by atoms with Gasteiger partial charge in [-0.05, 0) is 18.4 Å². The number of aryl methyl sites for hydroxylation is 1. The Bertz CT molecular complexity index is 1080. The third-order valence-corrected chi connectivity index (χ3v) is 5.37. The number of fused-ring (bicyclic) bond motifs is 1. The molecule has 0 aliphatic heterocycles.